The van der Waals surface area contributed by atoms with Gasteiger partial charge in [0.15, 0.2) is 5.78 Å². The van der Waals surface area contributed by atoms with Crippen LogP contribution in [-0.2, 0) is 0 Å². The highest BCUT2D eigenvalue weighted by molar-refractivity contribution is 9.25. The molecule has 88 valence electrons. The molecule has 17 heavy (non-hydrogen) atoms. The van der Waals surface area contributed by atoms with Gasteiger partial charge in [-0.05, 0) is 16.0 Å². The summed E-state index contributed by atoms with van der Waals surface area (Å²) in [7, 11) is 0. The highest BCUT2D eigenvalue weighted by Gasteiger charge is 2.23. The molecule has 0 atom stereocenters. The zero-order valence-electron chi connectivity index (χ0n) is 8.39. The molecule has 2 rings (SSSR count). The number of alkyl halides is 2. The minimum absolute atomic E-state index is 0.143. The van der Waals surface area contributed by atoms with Gasteiger partial charge < -0.3 is 0 Å². The van der Waals surface area contributed by atoms with Gasteiger partial charge in [-0.15, -0.1) is 0 Å². The molecule has 2 aromatic rings. The maximum absolute atomic E-state index is 11.9. The van der Waals surface area contributed by atoms with Gasteiger partial charge in [-0.2, -0.15) is 0 Å². The van der Waals surface area contributed by atoms with Gasteiger partial charge in [-0.1, -0.05) is 44.0 Å². The van der Waals surface area contributed by atoms with Crippen molar-refractivity contribution in [2.24, 2.45) is 0 Å². The second kappa shape index (κ2) is 4.97. The lowest BCUT2D eigenvalue weighted by molar-refractivity contribution is -0.670. The SMILES string of the molecule is O=C(c1ccccc1-[n+]1cc(=O)o[nH]1)C(Br)Br. The van der Waals surface area contributed by atoms with Gasteiger partial charge in [0.05, 0.1) is 5.56 Å². The number of hydrogen-bond donors (Lipinski definition) is 1. The monoisotopic (exact) mass is 361 g/mol. The van der Waals surface area contributed by atoms with Crippen molar-refractivity contribution >= 4 is 37.6 Å². The summed E-state index contributed by atoms with van der Waals surface area (Å²) < 4.78 is 5.44. The van der Waals surface area contributed by atoms with Crippen LogP contribution in [0, 0.1) is 0 Å². The largest absolute Gasteiger partial charge is 0.427 e. The van der Waals surface area contributed by atoms with Gasteiger partial charge in [-0.3, -0.25) is 9.32 Å². The molecule has 0 bridgehead atoms. The van der Waals surface area contributed by atoms with E-state index in [1.807, 2.05) is 0 Å². The van der Waals surface area contributed by atoms with Crippen LogP contribution in [0.5, 0.6) is 0 Å². The van der Waals surface area contributed by atoms with E-state index in [0.717, 1.165) is 0 Å². The number of nitrogens with zero attached hydrogens (tertiary/aromatic N) is 1. The summed E-state index contributed by atoms with van der Waals surface area (Å²) in [5.74, 6) is -0.143. The predicted molar refractivity (Wildman–Crippen MR) is 66.8 cm³/mol. The number of Topliss-reactive ketones (excluding diaryl/α,β-unsaturated/α-hetero) is 1. The number of halogens is 2. The number of benzene rings is 1. The molecule has 1 aromatic carbocycles. The van der Waals surface area contributed by atoms with Crippen molar-refractivity contribution in [2.75, 3.05) is 0 Å². The quantitative estimate of drug-likeness (QED) is 0.511. The molecule has 1 N–H and O–H groups in total. The Morgan fingerprint density at radius 3 is 2.65 bits per heavy atom. The number of carbonyl (C=O) groups is 1. The first-order valence-electron chi connectivity index (χ1n) is 4.61. The molecule has 0 fully saturated rings. The van der Waals surface area contributed by atoms with Crippen LogP contribution < -0.4 is 10.3 Å². The first-order chi connectivity index (χ1) is 8.09. The maximum Gasteiger partial charge on any atom is 0.427 e. The fourth-order valence-corrected chi connectivity index (χ4v) is 1.87. The highest BCUT2D eigenvalue weighted by Crippen LogP contribution is 2.18. The smallest absolute Gasteiger partial charge is 0.292 e. The number of H-pyrrole nitrogens is 1. The van der Waals surface area contributed by atoms with Gasteiger partial charge in [0.2, 0.25) is 5.69 Å². The Morgan fingerprint density at radius 2 is 2.06 bits per heavy atom. The Kier molecular flexibility index (Phi) is 3.58. The van der Waals surface area contributed by atoms with E-state index in [0.29, 0.717) is 11.3 Å². The van der Waals surface area contributed by atoms with Crippen molar-refractivity contribution in [1.82, 2.24) is 5.27 Å². The van der Waals surface area contributed by atoms with Crippen LogP contribution >= 0.6 is 31.9 Å². The third kappa shape index (κ3) is 2.55. The Morgan fingerprint density at radius 1 is 1.35 bits per heavy atom. The third-order valence-electron chi connectivity index (χ3n) is 2.11. The summed E-state index contributed by atoms with van der Waals surface area (Å²) in [6.07, 6.45) is 1.23. The Balaban J connectivity index is 2.55. The molecule has 0 aliphatic rings. The van der Waals surface area contributed by atoms with Crippen molar-refractivity contribution < 1.29 is 14.0 Å². The molecule has 0 saturated carbocycles. The van der Waals surface area contributed by atoms with Crippen LogP contribution in [-0.4, -0.2) is 14.8 Å². The lowest BCUT2D eigenvalue weighted by Crippen LogP contribution is -2.34. The summed E-state index contributed by atoms with van der Waals surface area (Å²) in [5.41, 5.74) is 0.502. The summed E-state index contributed by atoms with van der Waals surface area (Å²) in [4.78, 5) is 22.9. The Bertz CT molecular complexity index is 603. The molecular formula is C10H7Br2N2O3+. The first kappa shape index (κ1) is 12.3. The summed E-state index contributed by atoms with van der Waals surface area (Å²) in [6.45, 7) is 0. The van der Waals surface area contributed by atoms with Gasteiger partial charge in [0.25, 0.3) is 6.20 Å². The normalized spacial score (nSPS) is 10.8. The summed E-state index contributed by atoms with van der Waals surface area (Å²) in [5, 5.41) is 2.40. The molecule has 0 aliphatic carbocycles. The van der Waals surface area contributed by atoms with Crippen molar-refractivity contribution in [3.63, 3.8) is 0 Å². The fraction of sp³-hybridized carbons (Fsp3) is 0.100. The standard InChI is InChI=1S/C10H6Br2N2O3/c11-10(12)9(16)6-3-1-2-4-7(6)14-5-8(15)17-13-14/h1-5,10H/p+1. The zero-order valence-corrected chi connectivity index (χ0v) is 11.6. The summed E-state index contributed by atoms with van der Waals surface area (Å²) in [6, 6.07) is 6.90. The molecule has 0 radical (unpaired) electrons. The first-order valence-corrected chi connectivity index (χ1v) is 6.44. The summed E-state index contributed by atoms with van der Waals surface area (Å²) >= 11 is 6.30. The minimum Gasteiger partial charge on any atom is -0.292 e. The average Bonchev–Trinajstić information content (AvgIpc) is 2.74. The number of nitrogens with one attached hydrogen (secondary N) is 1. The van der Waals surface area contributed by atoms with E-state index in [1.54, 1.807) is 24.3 Å². The van der Waals surface area contributed by atoms with Crippen LogP contribution in [0.25, 0.3) is 5.69 Å². The molecule has 0 amide bonds. The highest BCUT2D eigenvalue weighted by atomic mass is 79.9. The van der Waals surface area contributed by atoms with Crippen molar-refractivity contribution in [3.8, 4) is 5.69 Å². The average molecular weight is 363 g/mol. The number of ketones is 1. The van der Waals surface area contributed by atoms with Crippen molar-refractivity contribution in [3.05, 3.63) is 46.4 Å². The van der Waals surface area contributed by atoms with Crippen LogP contribution in [0.3, 0.4) is 0 Å². The second-order valence-corrected chi connectivity index (χ2v) is 6.25. The molecular weight excluding hydrogens is 356 g/mol. The molecule has 0 spiro atoms. The van der Waals surface area contributed by atoms with E-state index >= 15 is 0 Å². The van der Waals surface area contributed by atoms with Crippen molar-refractivity contribution in [2.45, 2.75) is 3.74 Å². The van der Waals surface area contributed by atoms with Crippen LogP contribution in [0.15, 0.2) is 39.8 Å². The number of aromatic nitrogens is 2. The van der Waals surface area contributed by atoms with Gasteiger partial charge >= 0.3 is 5.63 Å². The topological polar surface area (TPSA) is 66.9 Å². The lowest BCUT2D eigenvalue weighted by Gasteiger charge is -2.01. The van der Waals surface area contributed by atoms with E-state index in [9.17, 15) is 9.59 Å². The zero-order chi connectivity index (χ0) is 12.4. The van der Waals surface area contributed by atoms with E-state index in [2.05, 4.69) is 41.7 Å². The number of para-hydroxylation sites is 1. The Labute approximate surface area is 113 Å². The van der Waals surface area contributed by atoms with E-state index in [4.69, 9.17) is 0 Å². The molecule has 1 heterocycles. The van der Waals surface area contributed by atoms with Gasteiger partial charge in [0.1, 0.15) is 3.74 Å². The van der Waals surface area contributed by atoms with Crippen LogP contribution in [0.4, 0.5) is 0 Å². The van der Waals surface area contributed by atoms with Gasteiger partial charge in [-0.25, -0.2) is 4.79 Å². The number of carbonyl (C=O) groups excluding carboxylic acids is 1. The van der Waals surface area contributed by atoms with Crippen LogP contribution in [0.2, 0.25) is 0 Å². The predicted octanol–water partition coefficient (Wildman–Crippen LogP) is 1.54. The molecule has 1 aromatic heterocycles. The number of rotatable bonds is 3. The molecule has 0 saturated heterocycles. The third-order valence-corrected chi connectivity index (χ3v) is 2.94. The molecule has 0 unspecified atom stereocenters. The van der Waals surface area contributed by atoms with E-state index < -0.39 is 9.36 Å². The molecule has 7 heteroatoms. The van der Waals surface area contributed by atoms with E-state index in [1.165, 1.54) is 10.9 Å². The second-order valence-electron chi connectivity index (χ2n) is 3.19. The van der Waals surface area contributed by atoms with Crippen molar-refractivity contribution in [1.29, 1.82) is 0 Å². The minimum atomic E-state index is -0.513. The molecule has 0 aliphatic heterocycles. The van der Waals surface area contributed by atoms with E-state index in [-0.39, 0.29) is 5.78 Å². The maximum atomic E-state index is 11.9. The number of hydrogen-bond acceptors (Lipinski definition) is 3. The number of aromatic amines is 1. The van der Waals surface area contributed by atoms with Crippen LogP contribution in [0.1, 0.15) is 10.4 Å². The lowest BCUT2D eigenvalue weighted by atomic mass is 10.1. The van der Waals surface area contributed by atoms with Gasteiger partial charge in [0, 0.05) is 6.07 Å². The Hall–Kier alpha value is -1.21. The fourth-order valence-electron chi connectivity index (χ4n) is 1.38. The molecule has 5 nitrogen and oxygen atoms in total.